The minimum atomic E-state index is 0.227. The first-order chi connectivity index (χ1) is 7.17. The van der Waals surface area contributed by atoms with Gasteiger partial charge in [0.2, 0.25) is 0 Å². The summed E-state index contributed by atoms with van der Waals surface area (Å²) in [5.41, 5.74) is 0. The van der Waals surface area contributed by atoms with Gasteiger partial charge in [-0.15, -0.1) is 0 Å². The lowest BCUT2D eigenvalue weighted by Gasteiger charge is -2.33. The molecular formula is C12H25NO2. The molecule has 0 bridgehead atoms. The zero-order chi connectivity index (χ0) is 11.3. The van der Waals surface area contributed by atoms with Crippen molar-refractivity contribution in [1.29, 1.82) is 0 Å². The van der Waals surface area contributed by atoms with Crippen molar-refractivity contribution < 1.29 is 9.84 Å². The minimum Gasteiger partial charge on any atom is -0.395 e. The Morgan fingerprint density at radius 3 is 2.73 bits per heavy atom. The summed E-state index contributed by atoms with van der Waals surface area (Å²) in [7, 11) is 0. The molecule has 0 aromatic rings. The van der Waals surface area contributed by atoms with Crippen molar-refractivity contribution in [3.8, 4) is 0 Å². The summed E-state index contributed by atoms with van der Waals surface area (Å²) in [5, 5.41) is 12.8. The zero-order valence-corrected chi connectivity index (χ0v) is 10.2. The molecule has 15 heavy (non-hydrogen) atoms. The highest BCUT2D eigenvalue weighted by atomic mass is 16.5. The third-order valence-corrected chi connectivity index (χ3v) is 3.27. The minimum absolute atomic E-state index is 0.227. The van der Waals surface area contributed by atoms with Crippen molar-refractivity contribution in [3.05, 3.63) is 0 Å². The van der Waals surface area contributed by atoms with Crippen LogP contribution < -0.4 is 5.32 Å². The maximum absolute atomic E-state index is 9.26. The topological polar surface area (TPSA) is 41.5 Å². The fraction of sp³-hybridized carbons (Fsp3) is 1.00. The maximum atomic E-state index is 9.26. The molecule has 0 aliphatic carbocycles. The van der Waals surface area contributed by atoms with Crippen LogP contribution in [0.5, 0.6) is 0 Å². The van der Waals surface area contributed by atoms with Crippen LogP contribution in [-0.2, 0) is 4.74 Å². The molecule has 1 heterocycles. The number of aliphatic hydroxyl groups is 1. The van der Waals surface area contributed by atoms with Gasteiger partial charge in [0, 0.05) is 18.7 Å². The summed E-state index contributed by atoms with van der Waals surface area (Å²) in [5.74, 6) is 0.484. The van der Waals surface area contributed by atoms with Crippen LogP contribution in [0.4, 0.5) is 0 Å². The van der Waals surface area contributed by atoms with E-state index in [1.165, 1.54) is 0 Å². The van der Waals surface area contributed by atoms with Gasteiger partial charge in [-0.3, -0.25) is 0 Å². The van der Waals surface area contributed by atoms with Gasteiger partial charge in [-0.1, -0.05) is 20.8 Å². The molecule has 0 amide bonds. The molecule has 3 heteroatoms. The Bertz CT molecular complexity index is 173. The molecule has 90 valence electrons. The lowest BCUT2D eigenvalue weighted by Crippen LogP contribution is -2.47. The molecule has 0 saturated carbocycles. The van der Waals surface area contributed by atoms with E-state index in [1.54, 1.807) is 0 Å². The van der Waals surface area contributed by atoms with E-state index in [2.05, 4.69) is 26.1 Å². The van der Waals surface area contributed by atoms with Crippen molar-refractivity contribution in [2.45, 2.75) is 58.2 Å². The Labute approximate surface area is 93.2 Å². The van der Waals surface area contributed by atoms with Crippen LogP contribution in [0.3, 0.4) is 0 Å². The monoisotopic (exact) mass is 215 g/mol. The molecule has 3 atom stereocenters. The van der Waals surface area contributed by atoms with E-state index in [4.69, 9.17) is 4.74 Å². The summed E-state index contributed by atoms with van der Waals surface area (Å²) >= 11 is 0. The Morgan fingerprint density at radius 1 is 1.47 bits per heavy atom. The number of hydrogen-bond donors (Lipinski definition) is 2. The molecule has 3 nitrogen and oxygen atoms in total. The van der Waals surface area contributed by atoms with E-state index in [0.717, 1.165) is 25.9 Å². The van der Waals surface area contributed by atoms with Crippen LogP contribution in [0.15, 0.2) is 0 Å². The normalized spacial score (nSPS) is 29.4. The molecule has 1 fully saturated rings. The van der Waals surface area contributed by atoms with E-state index in [1.807, 2.05) is 0 Å². The Balaban J connectivity index is 2.36. The number of aliphatic hydroxyl groups excluding tert-OH is 1. The molecule has 0 radical (unpaired) electrons. The summed E-state index contributed by atoms with van der Waals surface area (Å²) in [6.45, 7) is 7.53. The smallest absolute Gasteiger partial charge is 0.0587 e. The van der Waals surface area contributed by atoms with Crippen LogP contribution in [0.2, 0.25) is 0 Å². The molecule has 1 saturated heterocycles. The standard InChI is InChI=1S/C12H25NO2/c1-4-11-7-10(5-6-15-11)13-12(8-14)9(2)3/h9-14H,4-8H2,1-3H3. The van der Waals surface area contributed by atoms with Crippen LogP contribution in [0.1, 0.15) is 40.0 Å². The van der Waals surface area contributed by atoms with Crippen molar-refractivity contribution in [2.24, 2.45) is 5.92 Å². The highest BCUT2D eigenvalue weighted by molar-refractivity contribution is 4.81. The predicted molar refractivity (Wildman–Crippen MR) is 61.9 cm³/mol. The molecule has 0 spiro atoms. The van der Waals surface area contributed by atoms with Gasteiger partial charge in [-0.25, -0.2) is 0 Å². The average molecular weight is 215 g/mol. The Morgan fingerprint density at radius 2 is 2.20 bits per heavy atom. The van der Waals surface area contributed by atoms with E-state index in [-0.39, 0.29) is 12.6 Å². The van der Waals surface area contributed by atoms with Crippen LogP contribution in [0, 0.1) is 5.92 Å². The van der Waals surface area contributed by atoms with Gasteiger partial charge in [0.05, 0.1) is 12.7 Å². The average Bonchev–Trinajstić information content (AvgIpc) is 2.25. The first kappa shape index (κ1) is 12.9. The van der Waals surface area contributed by atoms with E-state index >= 15 is 0 Å². The van der Waals surface area contributed by atoms with Crippen molar-refractivity contribution >= 4 is 0 Å². The van der Waals surface area contributed by atoms with Gasteiger partial charge >= 0.3 is 0 Å². The second-order valence-corrected chi connectivity index (χ2v) is 4.82. The second-order valence-electron chi connectivity index (χ2n) is 4.82. The SMILES string of the molecule is CCC1CC(NC(CO)C(C)C)CCO1. The largest absolute Gasteiger partial charge is 0.395 e. The van der Waals surface area contributed by atoms with E-state index in [9.17, 15) is 5.11 Å². The highest BCUT2D eigenvalue weighted by Crippen LogP contribution is 2.17. The quantitative estimate of drug-likeness (QED) is 0.731. The molecule has 2 N–H and O–H groups in total. The lowest BCUT2D eigenvalue weighted by molar-refractivity contribution is -0.00464. The number of rotatable bonds is 5. The van der Waals surface area contributed by atoms with Gasteiger partial charge in [0.25, 0.3) is 0 Å². The molecular weight excluding hydrogens is 190 g/mol. The molecule has 1 aliphatic heterocycles. The fourth-order valence-corrected chi connectivity index (χ4v) is 2.07. The number of hydrogen-bond acceptors (Lipinski definition) is 3. The van der Waals surface area contributed by atoms with Gasteiger partial charge < -0.3 is 15.2 Å². The third-order valence-electron chi connectivity index (χ3n) is 3.27. The third kappa shape index (κ3) is 4.09. The first-order valence-corrected chi connectivity index (χ1v) is 6.15. The summed E-state index contributed by atoms with van der Waals surface area (Å²) < 4.78 is 5.63. The molecule has 1 rings (SSSR count). The van der Waals surface area contributed by atoms with Crippen LogP contribution in [-0.4, -0.2) is 36.5 Å². The van der Waals surface area contributed by atoms with Crippen molar-refractivity contribution in [2.75, 3.05) is 13.2 Å². The van der Waals surface area contributed by atoms with Gasteiger partial charge in [0.15, 0.2) is 0 Å². The Kier molecular flexibility index (Phi) is 5.58. The molecule has 1 aliphatic rings. The van der Waals surface area contributed by atoms with E-state index in [0.29, 0.717) is 18.1 Å². The summed E-state index contributed by atoms with van der Waals surface area (Å²) in [4.78, 5) is 0. The predicted octanol–water partition coefficient (Wildman–Crippen LogP) is 1.55. The lowest BCUT2D eigenvalue weighted by atomic mass is 9.98. The molecule has 0 aromatic carbocycles. The molecule has 0 aromatic heterocycles. The summed E-state index contributed by atoms with van der Waals surface area (Å²) in [6, 6.07) is 0.744. The van der Waals surface area contributed by atoms with E-state index < -0.39 is 0 Å². The van der Waals surface area contributed by atoms with Crippen molar-refractivity contribution in [1.82, 2.24) is 5.32 Å². The van der Waals surface area contributed by atoms with Gasteiger partial charge in [-0.2, -0.15) is 0 Å². The zero-order valence-electron chi connectivity index (χ0n) is 10.2. The second kappa shape index (κ2) is 6.46. The number of nitrogens with one attached hydrogen (secondary N) is 1. The highest BCUT2D eigenvalue weighted by Gasteiger charge is 2.24. The number of ether oxygens (including phenoxy) is 1. The maximum Gasteiger partial charge on any atom is 0.0587 e. The van der Waals surface area contributed by atoms with Crippen LogP contribution in [0.25, 0.3) is 0 Å². The fourth-order valence-electron chi connectivity index (χ4n) is 2.07. The van der Waals surface area contributed by atoms with Crippen LogP contribution >= 0.6 is 0 Å². The molecule has 3 unspecified atom stereocenters. The Hall–Kier alpha value is -0.120. The first-order valence-electron chi connectivity index (χ1n) is 6.15. The van der Waals surface area contributed by atoms with Crippen molar-refractivity contribution in [3.63, 3.8) is 0 Å². The summed E-state index contributed by atoms with van der Waals surface area (Å²) in [6.07, 6.45) is 3.64. The van der Waals surface area contributed by atoms with Gasteiger partial charge in [-0.05, 0) is 25.2 Å². The van der Waals surface area contributed by atoms with Gasteiger partial charge in [0.1, 0.15) is 0 Å².